The largest absolute Gasteiger partial charge is 0.479 e. The highest BCUT2D eigenvalue weighted by Crippen LogP contribution is 2.23. The van der Waals surface area contributed by atoms with Gasteiger partial charge in [0, 0.05) is 12.8 Å². The van der Waals surface area contributed by atoms with Gasteiger partial charge in [-0.25, -0.2) is 4.79 Å². The highest BCUT2D eigenvalue weighted by molar-refractivity contribution is 5.73. The summed E-state index contributed by atoms with van der Waals surface area (Å²) in [5.41, 5.74) is 0. The highest BCUT2D eigenvalue weighted by Gasteiger charge is 2.47. The number of aliphatic hydroxyl groups excluding tert-OH is 3. The standard InChI is InChI=1S/C53H100O11/c1-3-5-7-9-11-13-15-17-19-21-23-24-26-27-29-31-33-35-37-39-41-46(54)61-43-45(44-62-53-50(58)48(56)49(57)51(64-53)52(59)60)63-47(55)42-40-38-36-34-32-30-28-25-22-20-18-16-14-12-10-8-6-4-2/h45,48-51,53,56-58H,3-44H2,1-2H3,(H,59,60). The zero-order chi connectivity index (χ0) is 46.7. The summed E-state index contributed by atoms with van der Waals surface area (Å²) in [5, 5.41) is 40.0. The first kappa shape index (κ1) is 60.2. The first-order chi connectivity index (χ1) is 31.2. The molecule has 64 heavy (non-hydrogen) atoms. The summed E-state index contributed by atoms with van der Waals surface area (Å²) < 4.78 is 21.9. The predicted molar refractivity (Wildman–Crippen MR) is 257 cm³/mol. The fraction of sp³-hybridized carbons (Fsp3) is 0.943. The Balaban J connectivity index is 2.25. The number of ether oxygens (including phenoxy) is 4. The molecule has 4 N–H and O–H groups in total. The Morgan fingerprint density at radius 1 is 0.422 bits per heavy atom. The maximum atomic E-state index is 12.8. The van der Waals surface area contributed by atoms with Gasteiger partial charge in [-0.1, -0.05) is 245 Å². The molecule has 1 aliphatic rings. The molecule has 0 spiro atoms. The van der Waals surface area contributed by atoms with Crippen LogP contribution in [-0.4, -0.2) is 88.4 Å². The van der Waals surface area contributed by atoms with Gasteiger partial charge >= 0.3 is 17.9 Å². The number of aliphatic hydroxyl groups is 3. The van der Waals surface area contributed by atoms with E-state index >= 15 is 0 Å². The van der Waals surface area contributed by atoms with E-state index in [9.17, 15) is 34.8 Å². The van der Waals surface area contributed by atoms with Crippen molar-refractivity contribution in [3.63, 3.8) is 0 Å². The van der Waals surface area contributed by atoms with Crippen LogP contribution < -0.4 is 0 Å². The molecule has 0 radical (unpaired) electrons. The van der Waals surface area contributed by atoms with Gasteiger partial charge in [0.2, 0.25) is 0 Å². The second-order valence-electron chi connectivity index (χ2n) is 19.1. The maximum Gasteiger partial charge on any atom is 0.335 e. The van der Waals surface area contributed by atoms with Gasteiger partial charge in [-0.05, 0) is 12.8 Å². The molecule has 0 aliphatic carbocycles. The zero-order valence-corrected chi connectivity index (χ0v) is 41.3. The molecule has 0 aromatic heterocycles. The molecule has 0 aromatic rings. The Hall–Kier alpha value is -1.79. The van der Waals surface area contributed by atoms with Crippen LogP contribution in [0.1, 0.15) is 271 Å². The van der Waals surface area contributed by atoms with Crippen molar-refractivity contribution in [3.05, 3.63) is 0 Å². The lowest BCUT2D eigenvalue weighted by molar-refractivity contribution is -0.298. The second-order valence-corrected chi connectivity index (χ2v) is 19.1. The number of unbranched alkanes of at least 4 members (excludes halogenated alkanes) is 36. The number of hydrogen-bond donors (Lipinski definition) is 4. The molecule has 0 bridgehead atoms. The van der Waals surface area contributed by atoms with Gasteiger partial charge < -0.3 is 39.4 Å². The Morgan fingerprint density at radius 2 is 0.734 bits per heavy atom. The minimum absolute atomic E-state index is 0.192. The number of carbonyl (C=O) groups is 3. The van der Waals surface area contributed by atoms with Crippen molar-refractivity contribution in [2.75, 3.05) is 13.2 Å². The maximum absolute atomic E-state index is 12.8. The van der Waals surface area contributed by atoms with Gasteiger partial charge in [0.05, 0.1) is 6.61 Å². The van der Waals surface area contributed by atoms with E-state index in [2.05, 4.69) is 13.8 Å². The normalized spacial score (nSPS) is 19.2. The third kappa shape index (κ3) is 34.5. The van der Waals surface area contributed by atoms with E-state index < -0.39 is 54.7 Å². The number of rotatable bonds is 47. The quantitative estimate of drug-likeness (QED) is 0.0339. The van der Waals surface area contributed by atoms with Crippen LogP contribution in [-0.2, 0) is 33.3 Å². The monoisotopic (exact) mass is 913 g/mol. The zero-order valence-electron chi connectivity index (χ0n) is 41.3. The van der Waals surface area contributed by atoms with E-state index in [4.69, 9.17) is 18.9 Å². The van der Waals surface area contributed by atoms with Crippen molar-refractivity contribution >= 4 is 17.9 Å². The average Bonchev–Trinajstić information content (AvgIpc) is 3.28. The van der Waals surface area contributed by atoms with Gasteiger partial charge in [-0.3, -0.25) is 9.59 Å². The molecule has 1 heterocycles. The molecule has 0 aromatic carbocycles. The molecule has 1 saturated heterocycles. The molecule has 11 heteroatoms. The van der Waals surface area contributed by atoms with Crippen molar-refractivity contribution < 1.29 is 53.8 Å². The second kappa shape index (κ2) is 43.8. The van der Waals surface area contributed by atoms with E-state index in [1.165, 1.54) is 193 Å². The van der Waals surface area contributed by atoms with Crippen LogP contribution in [0.3, 0.4) is 0 Å². The van der Waals surface area contributed by atoms with Crippen molar-refractivity contribution in [1.29, 1.82) is 0 Å². The van der Waals surface area contributed by atoms with Gasteiger partial charge in [-0.2, -0.15) is 0 Å². The lowest BCUT2D eigenvalue weighted by Gasteiger charge is -2.38. The van der Waals surface area contributed by atoms with Crippen LogP contribution in [0.25, 0.3) is 0 Å². The molecule has 1 aliphatic heterocycles. The van der Waals surface area contributed by atoms with Crippen molar-refractivity contribution in [2.24, 2.45) is 0 Å². The number of carbonyl (C=O) groups excluding carboxylic acids is 2. The highest BCUT2D eigenvalue weighted by atomic mass is 16.7. The minimum atomic E-state index is -1.86. The van der Waals surface area contributed by atoms with E-state index in [1.807, 2.05) is 0 Å². The lowest BCUT2D eigenvalue weighted by atomic mass is 9.99. The summed E-state index contributed by atoms with van der Waals surface area (Å²) in [6, 6.07) is 0. The third-order valence-corrected chi connectivity index (χ3v) is 13.0. The van der Waals surface area contributed by atoms with Crippen LogP contribution in [0.15, 0.2) is 0 Å². The van der Waals surface area contributed by atoms with Gasteiger partial charge in [0.15, 0.2) is 18.5 Å². The number of carboxylic acids is 1. The third-order valence-electron chi connectivity index (χ3n) is 13.0. The molecule has 1 rings (SSSR count). The SMILES string of the molecule is CCCCCCCCCCCCCCCCCCCCCCC(=O)OCC(COC1OC(C(=O)O)C(O)C(O)C1O)OC(=O)CCCCCCCCCCCCCCCCCCCC. The smallest absolute Gasteiger partial charge is 0.335 e. The van der Waals surface area contributed by atoms with Crippen LogP contribution >= 0.6 is 0 Å². The summed E-state index contributed by atoms with van der Waals surface area (Å²) in [4.78, 5) is 37.0. The molecule has 0 saturated carbocycles. The lowest BCUT2D eigenvalue weighted by Crippen LogP contribution is -2.60. The van der Waals surface area contributed by atoms with E-state index in [-0.39, 0.29) is 26.1 Å². The molecular weight excluding hydrogens is 813 g/mol. The first-order valence-corrected chi connectivity index (χ1v) is 27.1. The fourth-order valence-electron chi connectivity index (χ4n) is 8.71. The number of carboxylic acid groups (broad SMARTS) is 1. The minimum Gasteiger partial charge on any atom is -0.479 e. The summed E-state index contributed by atoms with van der Waals surface area (Å²) in [5.74, 6) is -2.41. The molecule has 378 valence electrons. The van der Waals surface area contributed by atoms with Crippen molar-refractivity contribution in [1.82, 2.24) is 0 Å². The van der Waals surface area contributed by atoms with Gasteiger partial charge in [-0.15, -0.1) is 0 Å². The molecular formula is C53H100O11. The van der Waals surface area contributed by atoms with E-state index in [1.54, 1.807) is 0 Å². The van der Waals surface area contributed by atoms with Crippen LogP contribution in [0, 0.1) is 0 Å². The number of esters is 2. The van der Waals surface area contributed by atoms with Crippen LogP contribution in [0.4, 0.5) is 0 Å². The average molecular weight is 913 g/mol. The van der Waals surface area contributed by atoms with Crippen molar-refractivity contribution in [3.8, 4) is 0 Å². The number of hydrogen-bond acceptors (Lipinski definition) is 10. The van der Waals surface area contributed by atoms with Crippen molar-refractivity contribution in [2.45, 2.75) is 307 Å². The Kier molecular flexibility index (Phi) is 41.2. The summed E-state index contributed by atoms with van der Waals surface area (Å²) in [7, 11) is 0. The van der Waals surface area contributed by atoms with Crippen LogP contribution in [0.5, 0.6) is 0 Å². The molecule has 0 amide bonds. The topological polar surface area (TPSA) is 169 Å². The molecule has 1 fully saturated rings. The first-order valence-electron chi connectivity index (χ1n) is 27.1. The van der Waals surface area contributed by atoms with Crippen LogP contribution in [0.2, 0.25) is 0 Å². The molecule has 11 nitrogen and oxygen atoms in total. The van der Waals surface area contributed by atoms with Gasteiger partial charge in [0.25, 0.3) is 0 Å². The summed E-state index contributed by atoms with van der Waals surface area (Å²) in [6.07, 6.45) is 38.7. The molecule has 6 atom stereocenters. The fourth-order valence-corrected chi connectivity index (χ4v) is 8.71. The van der Waals surface area contributed by atoms with Gasteiger partial charge in [0.1, 0.15) is 24.9 Å². The summed E-state index contributed by atoms with van der Waals surface area (Å²) in [6.45, 7) is 3.88. The van der Waals surface area contributed by atoms with E-state index in [0.29, 0.717) is 12.8 Å². The Morgan fingerprint density at radius 3 is 1.06 bits per heavy atom. The Bertz CT molecular complexity index is 1070. The molecule has 6 unspecified atom stereocenters. The Labute approximate surface area is 391 Å². The van der Waals surface area contributed by atoms with E-state index in [0.717, 1.165) is 38.5 Å². The predicted octanol–water partition coefficient (Wildman–Crippen LogP) is 13.0. The number of aliphatic carboxylic acids is 1. The summed E-state index contributed by atoms with van der Waals surface area (Å²) >= 11 is 0.